The normalized spacial score (nSPS) is 11.7. The average molecular weight is 401 g/mol. The number of thioether (sulfide) groups is 1. The number of carbonyl (C=O) groups is 1. The van der Waals surface area contributed by atoms with Gasteiger partial charge in [-0.15, -0.1) is 10.2 Å². The van der Waals surface area contributed by atoms with Crippen molar-refractivity contribution in [3.05, 3.63) is 54.6 Å². The summed E-state index contributed by atoms with van der Waals surface area (Å²) in [6.07, 6.45) is 0. The molecule has 0 saturated heterocycles. The number of carbonyl (C=O) groups excluding carboxylic acids is 1. The van der Waals surface area contributed by atoms with Crippen LogP contribution < -0.4 is 15.0 Å². The number of anilines is 3. The minimum atomic E-state index is -0.267. The number of nitrogens with one attached hydrogen (secondary N) is 1. The molecule has 0 spiro atoms. The van der Waals surface area contributed by atoms with E-state index in [1.165, 1.54) is 23.1 Å². The lowest BCUT2D eigenvalue weighted by Gasteiger charge is -2.20. The summed E-state index contributed by atoms with van der Waals surface area (Å²) in [5.74, 6) is 0.815. The van der Waals surface area contributed by atoms with Gasteiger partial charge in [-0.25, -0.2) is 0 Å². The van der Waals surface area contributed by atoms with Gasteiger partial charge in [0.1, 0.15) is 5.75 Å². The van der Waals surface area contributed by atoms with Crippen molar-refractivity contribution in [1.82, 2.24) is 10.2 Å². The maximum Gasteiger partial charge on any atom is 0.240 e. The van der Waals surface area contributed by atoms with E-state index in [1.807, 2.05) is 61.5 Å². The van der Waals surface area contributed by atoms with Gasteiger partial charge in [-0.3, -0.25) is 4.79 Å². The van der Waals surface area contributed by atoms with E-state index in [2.05, 4.69) is 15.5 Å². The highest BCUT2D eigenvalue weighted by atomic mass is 32.2. The third-order valence-electron chi connectivity index (χ3n) is 3.85. The molecule has 2 aromatic carbocycles. The van der Waals surface area contributed by atoms with Crippen molar-refractivity contribution < 1.29 is 9.53 Å². The number of benzene rings is 2. The Morgan fingerprint density at radius 2 is 1.85 bits per heavy atom. The zero-order valence-corrected chi connectivity index (χ0v) is 16.9. The molecule has 1 N–H and O–H groups in total. The fourth-order valence-electron chi connectivity index (χ4n) is 2.36. The first kappa shape index (κ1) is 19.2. The average Bonchev–Trinajstić information content (AvgIpc) is 3.14. The van der Waals surface area contributed by atoms with E-state index in [9.17, 15) is 4.79 Å². The van der Waals surface area contributed by atoms with Crippen LogP contribution in [0.15, 0.2) is 58.9 Å². The summed E-state index contributed by atoms with van der Waals surface area (Å²) in [7, 11) is 3.42. The monoisotopic (exact) mass is 400 g/mol. The van der Waals surface area contributed by atoms with Crippen molar-refractivity contribution in [2.45, 2.75) is 16.5 Å². The second kappa shape index (κ2) is 8.88. The lowest BCUT2D eigenvalue weighted by Crippen LogP contribution is -2.33. The molecule has 27 heavy (non-hydrogen) atoms. The summed E-state index contributed by atoms with van der Waals surface area (Å²) in [4.78, 5) is 14.3. The van der Waals surface area contributed by atoms with Crippen molar-refractivity contribution in [1.29, 1.82) is 0 Å². The predicted molar refractivity (Wildman–Crippen MR) is 111 cm³/mol. The molecule has 1 atom stereocenters. The maximum atomic E-state index is 12.6. The predicted octanol–water partition coefficient (Wildman–Crippen LogP) is 4.43. The number of nitrogens with zero attached hydrogens (tertiary/aromatic N) is 3. The van der Waals surface area contributed by atoms with Crippen LogP contribution in [0.4, 0.5) is 16.5 Å². The topological polar surface area (TPSA) is 67.3 Å². The lowest BCUT2D eigenvalue weighted by molar-refractivity contribution is -0.117. The van der Waals surface area contributed by atoms with E-state index < -0.39 is 0 Å². The van der Waals surface area contributed by atoms with Crippen LogP contribution in [-0.4, -0.2) is 35.5 Å². The zero-order chi connectivity index (χ0) is 19.2. The molecule has 1 amide bonds. The highest BCUT2D eigenvalue weighted by molar-refractivity contribution is 8.02. The standard InChI is InChI=1S/C19H20N4O2S2/c1-13(17(24)23(2)15-7-5-4-6-8-15)26-19-22-21-18(27-19)20-14-9-11-16(25-3)12-10-14/h4-13H,1-3H3,(H,20,21). The second-order valence-corrected chi connectivity index (χ2v) is 8.28. The molecule has 1 unspecified atom stereocenters. The van der Waals surface area contributed by atoms with Crippen LogP contribution in [0, 0.1) is 0 Å². The maximum absolute atomic E-state index is 12.6. The van der Waals surface area contributed by atoms with Crippen LogP contribution >= 0.6 is 23.1 Å². The number of ether oxygens (including phenoxy) is 1. The summed E-state index contributed by atoms with van der Waals surface area (Å²) in [5.41, 5.74) is 1.77. The minimum Gasteiger partial charge on any atom is -0.497 e. The molecule has 0 bridgehead atoms. The Bertz CT molecular complexity index is 884. The molecule has 1 aromatic heterocycles. The molecule has 6 nitrogen and oxygen atoms in total. The van der Waals surface area contributed by atoms with E-state index >= 15 is 0 Å². The summed E-state index contributed by atoms with van der Waals surface area (Å²) in [6.45, 7) is 1.88. The lowest BCUT2D eigenvalue weighted by atomic mass is 10.3. The summed E-state index contributed by atoms with van der Waals surface area (Å²) >= 11 is 2.82. The van der Waals surface area contributed by atoms with Gasteiger partial charge in [-0.2, -0.15) is 0 Å². The van der Waals surface area contributed by atoms with Crippen molar-refractivity contribution in [2.24, 2.45) is 0 Å². The van der Waals surface area contributed by atoms with Crippen LogP contribution in [0.1, 0.15) is 6.92 Å². The number of amides is 1. The number of hydrogen-bond donors (Lipinski definition) is 1. The van der Waals surface area contributed by atoms with Crippen LogP contribution in [-0.2, 0) is 4.79 Å². The van der Waals surface area contributed by atoms with Crippen LogP contribution in [0.25, 0.3) is 0 Å². The Kier molecular flexibility index (Phi) is 6.31. The molecule has 0 radical (unpaired) electrons. The van der Waals surface area contributed by atoms with Crippen LogP contribution in [0.3, 0.4) is 0 Å². The molecule has 1 heterocycles. The van der Waals surface area contributed by atoms with Crippen molar-refractivity contribution in [3.8, 4) is 5.75 Å². The van der Waals surface area contributed by atoms with Gasteiger partial charge in [0, 0.05) is 18.4 Å². The van der Waals surface area contributed by atoms with E-state index in [0.717, 1.165) is 21.5 Å². The molecule has 0 aliphatic carbocycles. The molecule has 0 fully saturated rings. The number of aromatic nitrogens is 2. The molecule has 0 saturated carbocycles. The fourth-order valence-corrected chi connectivity index (χ4v) is 4.37. The van der Waals surface area contributed by atoms with Gasteiger partial charge >= 0.3 is 0 Å². The van der Waals surface area contributed by atoms with Gasteiger partial charge in [0.05, 0.1) is 12.4 Å². The quantitative estimate of drug-likeness (QED) is 0.592. The van der Waals surface area contributed by atoms with Gasteiger partial charge in [0.15, 0.2) is 4.34 Å². The second-order valence-electron chi connectivity index (χ2n) is 5.72. The fraction of sp³-hybridized carbons (Fsp3) is 0.211. The molecule has 140 valence electrons. The van der Waals surface area contributed by atoms with Gasteiger partial charge in [0.25, 0.3) is 0 Å². The SMILES string of the molecule is COc1ccc(Nc2nnc(SC(C)C(=O)N(C)c3ccccc3)s2)cc1. The van der Waals surface area contributed by atoms with Gasteiger partial charge in [-0.1, -0.05) is 41.3 Å². The highest BCUT2D eigenvalue weighted by Gasteiger charge is 2.21. The molecular weight excluding hydrogens is 380 g/mol. The molecule has 3 aromatic rings. The van der Waals surface area contributed by atoms with E-state index in [1.54, 1.807) is 19.1 Å². The summed E-state index contributed by atoms with van der Waals surface area (Å²) in [6, 6.07) is 17.2. The third-order valence-corrected chi connectivity index (χ3v) is 5.86. The molecule has 3 rings (SSSR count). The van der Waals surface area contributed by atoms with Crippen LogP contribution in [0.5, 0.6) is 5.75 Å². The van der Waals surface area contributed by atoms with E-state index in [-0.39, 0.29) is 11.2 Å². The van der Waals surface area contributed by atoms with Crippen molar-refractivity contribution >= 4 is 45.5 Å². The van der Waals surface area contributed by atoms with Crippen molar-refractivity contribution in [2.75, 3.05) is 24.4 Å². The van der Waals surface area contributed by atoms with Crippen molar-refractivity contribution in [3.63, 3.8) is 0 Å². The Morgan fingerprint density at radius 1 is 1.15 bits per heavy atom. The zero-order valence-electron chi connectivity index (χ0n) is 15.2. The Labute approximate surface area is 166 Å². The Hall–Kier alpha value is -2.58. The third kappa shape index (κ3) is 4.99. The van der Waals surface area contributed by atoms with Gasteiger partial charge < -0.3 is 15.0 Å². The first-order valence-electron chi connectivity index (χ1n) is 8.30. The number of rotatable bonds is 7. The summed E-state index contributed by atoms with van der Waals surface area (Å²) in [5, 5.41) is 11.9. The Morgan fingerprint density at radius 3 is 2.52 bits per heavy atom. The van der Waals surface area contributed by atoms with Gasteiger partial charge in [0.2, 0.25) is 11.0 Å². The molecule has 8 heteroatoms. The van der Waals surface area contributed by atoms with E-state index in [4.69, 9.17) is 4.74 Å². The first-order valence-corrected chi connectivity index (χ1v) is 10.0. The number of methoxy groups -OCH3 is 1. The molecule has 0 aliphatic rings. The summed E-state index contributed by atoms with van der Waals surface area (Å²) < 4.78 is 5.89. The number of hydrogen-bond acceptors (Lipinski definition) is 7. The van der Waals surface area contributed by atoms with E-state index in [0.29, 0.717) is 5.13 Å². The Balaban J connectivity index is 1.60. The molecule has 0 aliphatic heterocycles. The largest absolute Gasteiger partial charge is 0.497 e. The highest BCUT2D eigenvalue weighted by Crippen LogP contribution is 2.31. The molecular formula is C19H20N4O2S2. The first-order chi connectivity index (χ1) is 13.1. The van der Waals surface area contributed by atoms with Crippen LogP contribution in [0.2, 0.25) is 0 Å². The van der Waals surface area contributed by atoms with Gasteiger partial charge in [-0.05, 0) is 43.3 Å². The minimum absolute atomic E-state index is 0.0195. The smallest absolute Gasteiger partial charge is 0.240 e. The number of para-hydroxylation sites is 1.